The number of nitro groups is 1. The number of rotatable bonds is 3. The van der Waals surface area contributed by atoms with E-state index in [-0.39, 0.29) is 22.2 Å². The predicted molar refractivity (Wildman–Crippen MR) is 60.0 cm³/mol. The number of carbonyl (C=O) groups is 1. The third kappa shape index (κ3) is 2.13. The number of nitrogens with zero attached hydrogens (tertiary/aromatic N) is 4. The first-order valence-corrected chi connectivity index (χ1v) is 4.96. The molecule has 0 aliphatic heterocycles. The van der Waals surface area contributed by atoms with Gasteiger partial charge in [0.05, 0.1) is 22.3 Å². The van der Waals surface area contributed by atoms with Gasteiger partial charge in [0.25, 0.3) is 0 Å². The molecule has 92 valence electrons. The van der Waals surface area contributed by atoms with E-state index in [0.29, 0.717) is 0 Å². The molecule has 1 N–H and O–H groups in total. The zero-order chi connectivity index (χ0) is 13.3. The minimum absolute atomic E-state index is 0.202. The monoisotopic (exact) mass is 268 g/mol. The van der Waals surface area contributed by atoms with Crippen LogP contribution in [0, 0.1) is 10.1 Å². The fourth-order valence-corrected chi connectivity index (χ4v) is 1.42. The smallest absolute Gasteiger partial charge is 0.354 e. The second kappa shape index (κ2) is 4.41. The molecule has 2 aromatic heterocycles. The summed E-state index contributed by atoms with van der Waals surface area (Å²) in [6, 6.07) is 2.11. The molecule has 0 fully saturated rings. The highest BCUT2D eigenvalue weighted by molar-refractivity contribution is 6.30. The molecule has 8 nitrogen and oxygen atoms in total. The molecule has 9 heteroatoms. The zero-order valence-corrected chi connectivity index (χ0v) is 9.40. The number of hydrogen-bond donors (Lipinski definition) is 1. The molecule has 0 spiro atoms. The van der Waals surface area contributed by atoms with E-state index in [9.17, 15) is 14.9 Å². The van der Waals surface area contributed by atoms with Gasteiger partial charge in [-0.1, -0.05) is 11.6 Å². The Morgan fingerprint density at radius 1 is 1.50 bits per heavy atom. The van der Waals surface area contributed by atoms with E-state index in [4.69, 9.17) is 16.7 Å². The van der Waals surface area contributed by atoms with Gasteiger partial charge >= 0.3 is 11.7 Å². The Morgan fingerprint density at radius 2 is 2.22 bits per heavy atom. The number of aromatic carboxylic acids is 1. The number of pyridine rings is 1. The van der Waals surface area contributed by atoms with Crippen LogP contribution in [0.3, 0.4) is 0 Å². The SMILES string of the molecule is O=C(O)c1ccc([N+](=O)[O-])c(-n2cc(Cl)cn2)n1. The number of carboxylic acid groups (broad SMARTS) is 1. The third-order valence-corrected chi connectivity index (χ3v) is 2.23. The van der Waals surface area contributed by atoms with Crippen LogP contribution in [0.25, 0.3) is 5.82 Å². The van der Waals surface area contributed by atoms with Crippen LogP contribution in [0.5, 0.6) is 0 Å². The fraction of sp³-hybridized carbons (Fsp3) is 0. The Morgan fingerprint density at radius 3 is 2.72 bits per heavy atom. The summed E-state index contributed by atoms with van der Waals surface area (Å²) in [7, 11) is 0. The molecule has 0 saturated heterocycles. The highest BCUT2D eigenvalue weighted by atomic mass is 35.5. The lowest BCUT2D eigenvalue weighted by atomic mass is 10.3. The van der Waals surface area contributed by atoms with E-state index in [2.05, 4.69) is 10.1 Å². The van der Waals surface area contributed by atoms with Crippen molar-refractivity contribution in [2.24, 2.45) is 0 Å². The Balaban J connectivity index is 2.64. The van der Waals surface area contributed by atoms with E-state index >= 15 is 0 Å². The van der Waals surface area contributed by atoms with Crippen LogP contribution < -0.4 is 0 Å². The molecule has 18 heavy (non-hydrogen) atoms. The van der Waals surface area contributed by atoms with Crippen molar-refractivity contribution in [1.29, 1.82) is 0 Å². The predicted octanol–water partition coefficient (Wildman–Crippen LogP) is 1.53. The molecule has 0 aromatic carbocycles. The van der Waals surface area contributed by atoms with Gasteiger partial charge in [-0.05, 0) is 6.07 Å². The number of halogens is 1. The molecular weight excluding hydrogens is 264 g/mol. The fourth-order valence-electron chi connectivity index (χ4n) is 1.29. The number of carboxylic acids is 1. The van der Waals surface area contributed by atoms with Crippen molar-refractivity contribution in [1.82, 2.24) is 14.8 Å². The molecule has 0 bridgehead atoms. The summed E-state index contributed by atoms with van der Waals surface area (Å²) in [5, 5.41) is 23.6. The van der Waals surface area contributed by atoms with Gasteiger partial charge in [-0.25, -0.2) is 14.5 Å². The standard InChI is InChI=1S/C9H5ClN4O4/c10-5-3-11-13(4-5)8-7(14(17)18)2-1-6(12-8)9(15)16/h1-4H,(H,15,16). The van der Waals surface area contributed by atoms with Crippen molar-refractivity contribution < 1.29 is 14.8 Å². The Hall–Kier alpha value is -2.48. The molecule has 2 heterocycles. The van der Waals surface area contributed by atoms with Crippen molar-refractivity contribution in [3.8, 4) is 5.82 Å². The maximum absolute atomic E-state index is 10.8. The van der Waals surface area contributed by atoms with Gasteiger partial charge in [0.15, 0.2) is 5.69 Å². The first kappa shape index (κ1) is 12.0. The van der Waals surface area contributed by atoms with Crippen LogP contribution in [0.4, 0.5) is 5.69 Å². The zero-order valence-electron chi connectivity index (χ0n) is 8.65. The van der Waals surface area contributed by atoms with Crippen LogP contribution in [0.2, 0.25) is 5.02 Å². The van der Waals surface area contributed by atoms with Crippen LogP contribution in [-0.2, 0) is 0 Å². The second-order valence-corrected chi connectivity index (χ2v) is 3.64. The second-order valence-electron chi connectivity index (χ2n) is 3.20. The molecule has 0 atom stereocenters. The summed E-state index contributed by atoms with van der Waals surface area (Å²) in [6.07, 6.45) is 2.56. The highest BCUT2D eigenvalue weighted by Crippen LogP contribution is 2.21. The maximum atomic E-state index is 10.8. The van der Waals surface area contributed by atoms with Gasteiger partial charge in [0.2, 0.25) is 5.82 Å². The molecular formula is C9H5ClN4O4. The summed E-state index contributed by atoms with van der Waals surface area (Å²) >= 11 is 5.65. The van der Waals surface area contributed by atoms with Crippen molar-refractivity contribution in [3.05, 3.63) is 45.4 Å². The molecule has 0 radical (unpaired) electrons. The van der Waals surface area contributed by atoms with E-state index in [1.165, 1.54) is 12.4 Å². The average Bonchev–Trinajstić information content (AvgIpc) is 2.74. The van der Waals surface area contributed by atoms with E-state index in [1.54, 1.807) is 0 Å². The van der Waals surface area contributed by atoms with Gasteiger partial charge in [-0.3, -0.25) is 10.1 Å². The lowest BCUT2D eigenvalue weighted by Gasteiger charge is -2.02. The van der Waals surface area contributed by atoms with Crippen molar-refractivity contribution in [3.63, 3.8) is 0 Å². The molecule has 2 aromatic rings. The minimum atomic E-state index is -1.29. The summed E-state index contributed by atoms with van der Waals surface area (Å²) in [5.74, 6) is -1.49. The van der Waals surface area contributed by atoms with Crippen LogP contribution >= 0.6 is 11.6 Å². The Kier molecular flexibility index (Phi) is 2.94. The quantitative estimate of drug-likeness (QED) is 0.667. The summed E-state index contributed by atoms with van der Waals surface area (Å²) < 4.78 is 1.05. The van der Waals surface area contributed by atoms with Crippen LogP contribution in [-0.4, -0.2) is 30.8 Å². The van der Waals surface area contributed by atoms with Gasteiger partial charge < -0.3 is 5.11 Å². The third-order valence-electron chi connectivity index (χ3n) is 2.04. The van der Waals surface area contributed by atoms with Crippen molar-refractivity contribution in [2.45, 2.75) is 0 Å². The summed E-state index contributed by atoms with van der Waals surface area (Å²) in [4.78, 5) is 24.6. The van der Waals surface area contributed by atoms with Gasteiger partial charge in [-0.15, -0.1) is 0 Å². The minimum Gasteiger partial charge on any atom is -0.477 e. The van der Waals surface area contributed by atoms with E-state index < -0.39 is 10.9 Å². The van der Waals surface area contributed by atoms with E-state index in [0.717, 1.165) is 16.8 Å². The first-order chi connectivity index (χ1) is 8.49. The highest BCUT2D eigenvalue weighted by Gasteiger charge is 2.20. The lowest BCUT2D eigenvalue weighted by molar-refractivity contribution is -0.384. The van der Waals surface area contributed by atoms with Crippen molar-refractivity contribution in [2.75, 3.05) is 0 Å². The normalized spacial score (nSPS) is 10.3. The number of hydrogen-bond acceptors (Lipinski definition) is 5. The lowest BCUT2D eigenvalue weighted by Crippen LogP contribution is -2.08. The van der Waals surface area contributed by atoms with Gasteiger partial charge in [-0.2, -0.15) is 5.10 Å². The molecule has 2 rings (SSSR count). The van der Waals surface area contributed by atoms with E-state index in [1.807, 2.05) is 0 Å². The van der Waals surface area contributed by atoms with Gasteiger partial charge in [0, 0.05) is 6.07 Å². The number of aromatic nitrogens is 3. The summed E-state index contributed by atoms with van der Waals surface area (Å²) in [6.45, 7) is 0. The van der Waals surface area contributed by atoms with Crippen molar-refractivity contribution >= 4 is 23.3 Å². The molecule has 0 aliphatic carbocycles. The average molecular weight is 269 g/mol. The molecule has 0 saturated carbocycles. The van der Waals surface area contributed by atoms with Crippen LogP contribution in [0.1, 0.15) is 10.5 Å². The topological polar surface area (TPSA) is 111 Å². The first-order valence-electron chi connectivity index (χ1n) is 4.58. The molecule has 0 aliphatic rings. The Bertz CT molecular complexity index is 639. The van der Waals surface area contributed by atoms with Crippen LogP contribution in [0.15, 0.2) is 24.5 Å². The Labute approximate surface area is 105 Å². The summed E-state index contributed by atoms with van der Waals surface area (Å²) in [5.41, 5.74) is -0.679. The maximum Gasteiger partial charge on any atom is 0.354 e. The largest absolute Gasteiger partial charge is 0.477 e. The molecule has 0 unspecified atom stereocenters. The molecule has 0 amide bonds. The van der Waals surface area contributed by atoms with Gasteiger partial charge in [0.1, 0.15) is 0 Å².